The highest BCUT2D eigenvalue weighted by molar-refractivity contribution is 8.00. The van der Waals surface area contributed by atoms with Crippen molar-refractivity contribution in [3.05, 3.63) is 35.9 Å². The molecule has 230 valence electrons. The third kappa shape index (κ3) is 10.2. The molecule has 1 saturated heterocycles. The van der Waals surface area contributed by atoms with E-state index < -0.39 is 29.7 Å². The lowest BCUT2D eigenvalue weighted by atomic mass is 10.0. The zero-order valence-electron chi connectivity index (χ0n) is 26.0. The number of hydrogen-bond acceptors (Lipinski definition) is 7. The quantitative estimate of drug-likeness (QED) is 0.342. The standard InChI is InChI=1S/C30H49N5O5S/c1-10-35(11-2)27(38)23-18-41-28(34(23)9)22(17-21-15-13-12-14-16-21)32-25(36)20(5)31-26(37)24(19(3)4)33-29(39)40-30(6,7)8/h12-16,19-20,22-24,28H,10-11,17-18H2,1-9H3,(H,31,37)(H,32,36)(H,33,39)/t20-,22-,23-,24-,28?/m0/s1. The van der Waals surface area contributed by atoms with E-state index in [1.807, 2.05) is 70.0 Å². The van der Waals surface area contributed by atoms with Crippen LogP contribution < -0.4 is 16.0 Å². The summed E-state index contributed by atoms with van der Waals surface area (Å²) in [5.41, 5.74) is 0.354. The first-order valence-corrected chi connectivity index (χ1v) is 15.5. The number of nitrogens with one attached hydrogen (secondary N) is 3. The summed E-state index contributed by atoms with van der Waals surface area (Å²) in [7, 11) is 1.93. The third-order valence-electron chi connectivity index (χ3n) is 7.02. The Hall–Kier alpha value is -2.79. The van der Waals surface area contributed by atoms with Crippen LogP contribution >= 0.6 is 11.8 Å². The molecule has 10 nitrogen and oxygen atoms in total. The fourth-order valence-corrected chi connectivity index (χ4v) is 6.27. The van der Waals surface area contributed by atoms with Crippen LogP contribution in [0.3, 0.4) is 0 Å². The molecule has 5 atom stereocenters. The molecule has 0 spiro atoms. The van der Waals surface area contributed by atoms with Gasteiger partial charge in [0, 0.05) is 18.8 Å². The molecule has 1 aliphatic heterocycles. The van der Waals surface area contributed by atoms with Crippen LogP contribution in [0.1, 0.15) is 61.0 Å². The predicted octanol–water partition coefficient (Wildman–Crippen LogP) is 3.01. The first-order valence-electron chi connectivity index (χ1n) is 14.4. The highest BCUT2D eigenvalue weighted by atomic mass is 32.2. The van der Waals surface area contributed by atoms with Gasteiger partial charge in [-0.25, -0.2) is 4.79 Å². The average Bonchev–Trinajstić information content (AvgIpc) is 3.27. The van der Waals surface area contributed by atoms with Crippen LogP contribution in [0.15, 0.2) is 30.3 Å². The molecule has 1 aromatic carbocycles. The van der Waals surface area contributed by atoms with E-state index in [1.54, 1.807) is 39.5 Å². The predicted molar refractivity (Wildman–Crippen MR) is 163 cm³/mol. The molecule has 4 amide bonds. The van der Waals surface area contributed by atoms with Gasteiger partial charge < -0.3 is 25.6 Å². The van der Waals surface area contributed by atoms with Gasteiger partial charge >= 0.3 is 6.09 Å². The number of carbonyl (C=O) groups excluding carboxylic acids is 4. The Morgan fingerprint density at radius 3 is 2.15 bits per heavy atom. The molecule has 0 aliphatic carbocycles. The van der Waals surface area contributed by atoms with Gasteiger partial charge in [0.15, 0.2) is 0 Å². The summed E-state index contributed by atoms with van der Waals surface area (Å²) in [6.45, 7) is 15.7. The van der Waals surface area contributed by atoms with Crippen molar-refractivity contribution in [2.45, 2.75) is 97.0 Å². The first kappa shape index (κ1) is 34.4. The maximum Gasteiger partial charge on any atom is 0.408 e. The van der Waals surface area contributed by atoms with Crippen LogP contribution in [0.4, 0.5) is 4.79 Å². The molecule has 0 bridgehead atoms. The topological polar surface area (TPSA) is 120 Å². The van der Waals surface area contributed by atoms with Crippen LogP contribution in [0.25, 0.3) is 0 Å². The van der Waals surface area contributed by atoms with Crippen LogP contribution in [0, 0.1) is 5.92 Å². The van der Waals surface area contributed by atoms with E-state index in [0.717, 1.165) is 5.56 Å². The number of nitrogens with zero attached hydrogens (tertiary/aromatic N) is 2. The highest BCUT2D eigenvalue weighted by Gasteiger charge is 2.42. The number of rotatable bonds is 12. The Kier molecular flexibility index (Phi) is 13.0. The minimum atomic E-state index is -0.872. The van der Waals surface area contributed by atoms with Gasteiger partial charge in [-0.3, -0.25) is 19.3 Å². The van der Waals surface area contributed by atoms with E-state index in [1.165, 1.54) is 0 Å². The smallest absolute Gasteiger partial charge is 0.408 e. The van der Waals surface area contributed by atoms with E-state index >= 15 is 0 Å². The Labute approximate surface area is 249 Å². The van der Waals surface area contributed by atoms with Gasteiger partial charge in [-0.2, -0.15) is 0 Å². The minimum Gasteiger partial charge on any atom is -0.444 e. The van der Waals surface area contributed by atoms with Gasteiger partial charge in [-0.1, -0.05) is 44.2 Å². The lowest BCUT2D eigenvalue weighted by molar-refractivity contribution is -0.135. The molecule has 0 saturated carbocycles. The molecule has 1 fully saturated rings. The molecular formula is C30H49N5O5S. The Morgan fingerprint density at radius 2 is 1.61 bits per heavy atom. The molecule has 1 unspecified atom stereocenters. The van der Waals surface area contributed by atoms with Gasteiger partial charge in [-0.15, -0.1) is 11.8 Å². The second-order valence-electron chi connectivity index (χ2n) is 11.8. The number of carbonyl (C=O) groups is 4. The highest BCUT2D eigenvalue weighted by Crippen LogP contribution is 2.32. The van der Waals surface area contributed by atoms with Gasteiger partial charge in [0.05, 0.1) is 17.5 Å². The number of thioether (sulfide) groups is 1. The molecule has 1 aromatic rings. The maximum atomic E-state index is 13.4. The van der Waals surface area contributed by atoms with Gasteiger partial charge in [0.1, 0.15) is 17.7 Å². The summed E-state index contributed by atoms with van der Waals surface area (Å²) >= 11 is 1.66. The number of likely N-dealkylation sites (N-methyl/N-ethyl adjacent to an activating group) is 2. The zero-order valence-corrected chi connectivity index (χ0v) is 26.8. The molecule has 1 aliphatic rings. The van der Waals surface area contributed by atoms with E-state index in [2.05, 4.69) is 20.9 Å². The van der Waals surface area contributed by atoms with E-state index in [-0.39, 0.29) is 35.2 Å². The summed E-state index contributed by atoms with van der Waals surface area (Å²) < 4.78 is 5.31. The van der Waals surface area contributed by atoms with Crippen molar-refractivity contribution < 1.29 is 23.9 Å². The van der Waals surface area contributed by atoms with Crippen molar-refractivity contribution >= 4 is 35.6 Å². The Bertz CT molecular complexity index is 1030. The Balaban J connectivity index is 2.15. The summed E-state index contributed by atoms with van der Waals surface area (Å²) in [5.74, 6) is -0.310. The fourth-order valence-electron chi connectivity index (χ4n) is 4.73. The third-order valence-corrected chi connectivity index (χ3v) is 8.53. The maximum absolute atomic E-state index is 13.4. The van der Waals surface area contributed by atoms with Crippen LogP contribution in [-0.2, 0) is 25.5 Å². The Morgan fingerprint density at radius 1 is 1.00 bits per heavy atom. The van der Waals surface area contributed by atoms with E-state index in [9.17, 15) is 19.2 Å². The molecule has 3 N–H and O–H groups in total. The number of hydrogen-bond donors (Lipinski definition) is 3. The minimum absolute atomic E-state index is 0.0927. The van der Waals surface area contributed by atoms with E-state index in [4.69, 9.17) is 4.74 Å². The monoisotopic (exact) mass is 591 g/mol. The summed E-state index contributed by atoms with van der Waals surface area (Å²) in [4.78, 5) is 55.9. The molecule has 1 heterocycles. The summed E-state index contributed by atoms with van der Waals surface area (Å²) in [6, 6.07) is 7.57. The van der Waals surface area contributed by atoms with Gasteiger partial charge in [0.2, 0.25) is 17.7 Å². The molecule has 41 heavy (non-hydrogen) atoms. The summed E-state index contributed by atoms with van der Waals surface area (Å²) in [6.07, 6.45) is -0.127. The molecule has 2 rings (SSSR count). The van der Waals surface area contributed by atoms with Crippen LogP contribution in [0.5, 0.6) is 0 Å². The normalized spacial score (nSPS) is 19.7. The molecule has 0 aromatic heterocycles. The van der Waals surface area contributed by atoms with Crippen molar-refractivity contribution in [1.82, 2.24) is 25.8 Å². The van der Waals surface area contributed by atoms with Gasteiger partial charge in [0.25, 0.3) is 0 Å². The molecule has 0 radical (unpaired) electrons. The second-order valence-corrected chi connectivity index (χ2v) is 13.0. The van der Waals surface area contributed by atoms with Crippen molar-refractivity contribution in [3.8, 4) is 0 Å². The summed E-state index contributed by atoms with van der Waals surface area (Å²) in [5, 5.41) is 8.39. The molecule has 11 heteroatoms. The molecular weight excluding hydrogens is 542 g/mol. The number of ether oxygens (including phenoxy) is 1. The van der Waals surface area contributed by atoms with E-state index in [0.29, 0.717) is 25.3 Å². The number of benzene rings is 1. The van der Waals surface area contributed by atoms with Crippen LogP contribution in [-0.4, -0.2) is 94.6 Å². The fraction of sp³-hybridized carbons (Fsp3) is 0.667. The average molecular weight is 592 g/mol. The number of amides is 4. The van der Waals surface area contributed by atoms with Crippen molar-refractivity contribution in [2.75, 3.05) is 25.9 Å². The SMILES string of the molecule is CCN(CC)C(=O)[C@@H]1CSC([C@H](Cc2ccccc2)NC(=O)[C@H](C)NC(=O)[C@@H](NC(=O)OC(C)(C)C)C(C)C)N1C. The van der Waals surface area contributed by atoms with Crippen LogP contribution in [0.2, 0.25) is 0 Å². The lowest BCUT2D eigenvalue weighted by Crippen LogP contribution is -2.58. The lowest BCUT2D eigenvalue weighted by Gasteiger charge is -2.33. The van der Waals surface area contributed by atoms with Crippen molar-refractivity contribution in [2.24, 2.45) is 5.92 Å². The number of alkyl carbamates (subject to hydrolysis) is 1. The van der Waals surface area contributed by atoms with Crippen molar-refractivity contribution in [3.63, 3.8) is 0 Å². The zero-order chi connectivity index (χ0) is 30.9. The first-order chi connectivity index (χ1) is 19.2. The van der Waals surface area contributed by atoms with Crippen molar-refractivity contribution in [1.29, 1.82) is 0 Å². The largest absolute Gasteiger partial charge is 0.444 e. The second kappa shape index (κ2) is 15.4. The van der Waals surface area contributed by atoms with Gasteiger partial charge in [-0.05, 0) is 66.5 Å².